The van der Waals surface area contributed by atoms with Crippen molar-refractivity contribution in [2.24, 2.45) is 0 Å². The largest absolute Gasteiger partial charge is 0.477 e. The molecule has 0 radical (unpaired) electrons. The van der Waals surface area contributed by atoms with Crippen LogP contribution in [-0.2, 0) is 13.0 Å². The summed E-state index contributed by atoms with van der Waals surface area (Å²) in [6.45, 7) is 3.15. The molecule has 0 saturated carbocycles. The first kappa shape index (κ1) is 9.80. The van der Waals surface area contributed by atoms with Crippen LogP contribution in [0.15, 0.2) is 0 Å². The molecule has 3 rings (SSSR count). The molecule has 1 fully saturated rings. The summed E-state index contributed by atoms with van der Waals surface area (Å²) in [5.74, 6) is -0.859. The van der Waals surface area contributed by atoms with Crippen molar-refractivity contribution in [1.82, 2.24) is 20.4 Å². The van der Waals surface area contributed by atoms with Crippen molar-refractivity contribution in [2.45, 2.75) is 19.0 Å². The zero-order chi connectivity index (χ0) is 11.1. The summed E-state index contributed by atoms with van der Waals surface area (Å²) >= 11 is 0. The topological polar surface area (TPSA) is 79.2 Å². The van der Waals surface area contributed by atoms with Gasteiger partial charge in [-0.3, -0.25) is 4.68 Å². The number of aromatic carboxylic acids is 1. The number of aromatic nitrogens is 2. The van der Waals surface area contributed by atoms with Crippen LogP contribution in [0.1, 0.15) is 27.8 Å². The minimum Gasteiger partial charge on any atom is -0.477 e. The first-order chi connectivity index (χ1) is 7.77. The van der Waals surface area contributed by atoms with Crippen molar-refractivity contribution in [2.75, 3.05) is 19.6 Å². The summed E-state index contributed by atoms with van der Waals surface area (Å²) < 4.78 is 1.69. The standard InChI is InChI=1S/C10H14N4O2/c15-10(16)9-7-1-2-11-5-8(7)13-14(9)6-3-12-4-6/h6,11-12H,1-5H2,(H,15,16). The Morgan fingerprint density at radius 3 is 2.88 bits per heavy atom. The third-order valence-electron chi connectivity index (χ3n) is 3.24. The smallest absolute Gasteiger partial charge is 0.354 e. The van der Waals surface area contributed by atoms with Crippen LogP contribution in [0.25, 0.3) is 0 Å². The average Bonchev–Trinajstić information content (AvgIpc) is 2.53. The van der Waals surface area contributed by atoms with Crippen molar-refractivity contribution in [3.8, 4) is 0 Å². The van der Waals surface area contributed by atoms with E-state index < -0.39 is 5.97 Å². The molecule has 0 spiro atoms. The predicted molar refractivity (Wildman–Crippen MR) is 56.5 cm³/mol. The molecule has 0 aliphatic carbocycles. The van der Waals surface area contributed by atoms with E-state index in [4.69, 9.17) is 0 Å². The molecular weight excluding hydrogens is 208 g/mol. The molecule has 0 unspecified atom stereocenters. The average molecular weight is 222 g/mol. The van der Waals surface area contributed by atoms with Crippen molar-refractivity contribution in [3.05, 3.63) is 17.0 Å². The third kappa shape index (κ3) is 1.34. The lowest BCUT2D eigenvalue weighted by Gasteiger charge is -2.28. The highest BCUT2D eigenvalue weighted by atomic mass is 16.4. The highest BCUT2D eigenvalue weighted by molar-refractivity contribution is 5.88. The van der Waals surface area contributed by atoms with Gasteiger partial charge in [0, 0.05) is 25.2 Å². The Hall–Kier alpha value is -1.40. The zero-order valence-electron chi connectivity index (χ0n) is 8.86. The van der Waals surface area contributed by atoms with Gasteiger partial charge in [-0.25, -0.2) is 4.79 Å². The number of rotatable bonds is 2. The van der Waals surface area contributed by atoms with Crippen LogP contribution in [0.3, 0.4) is 0 Å². The van der Waals surface area contributed by atoms with Crippen LogP contribution in [0.4, 0.5) is 0 Å². The van der Waals surface area contributed by atoms with Crippen LogP contribution in [0, 0.1) is 0 Å². The molecule has 3 N–H and O–H groups in total. The fourth-order valence-corrected chi connectivity index (χ4v) is 2.28. The summed E-state index contributed by atoms with van der Waals surface area (Å²) in [6.07, 6.45) is 0.761. The Balaban J connectivity index is 2.08. The van der Waals surface area contributed by atoms with Gasteiger partial charge in [-0.15, -0.1) is 0 Å². The van der Waals surface area contributed by atoms with E-state index in [1.54, 1.807) is 4.68 Å². The molecule has 6 heteroatoms. The Morgan fingerprint density at radius 2 is 2.25 bits per heavy atom. The number of nitrogens with one attached hydrogen (secondary N) is 2. The fraction of sp³-hybridized carbons (Fsp3) is 0.600. The number of hydrogen-bond acceptors (Lipinski definition) is 4. The van der Waals surface area contributed by atoms with E-state index in [0.29, 0.717) is 12.2 Å². The van der Waals surface area contributed by atoms with Gasteiger partial charge in [0.25, 0.3) is 0 Å². The minimum atomic E-state index is -0.859. The number of nitrogens with zero attached hydrogens (tertiary/aromatic N) is 2. The monoisotopic (exact) mass is 222 g/mol. The van der Waals surface area contributed by atoms with Crippen LogP contribution in [-0.4, -0.2) is 40.5 Å². The number of hydrogen-bond donors (Lipinski definition) is 3. The molecule has 0 atom stereocenters. The Bertz CT molecular complexity index is 436. The SMILES string of the molecule is O=C(O)c1c2c(nn1C1CNC1)CNCC2. The van der Waals surface area contributed by atoms with E-state index in [2.05, 4.69) is 15.7 Å². The van der Waals surface area contributed by atoms with Gasteiger partial charge in [-0.2, -0.15) is 5.10 Å². The van der Waals surface area contributed by atoms with Gasteiger partial charge in [0.05, 0.1) is 11.7 Å². The summed E-state index contributed by atoms with van der Waals surface area (Å²) in [4.78, 5) is 11.3. The second-order valence-corrected chi connectivity index (χ2v) is 4.26. The van der Waals surface area contributed by atoms with Crippen molar-refractivity contribution < 1.29 is 9.90 Å². The second kappa shape index (κ2) is 3.57. The molecule has 1 saturated heterocycles. The molecule has 6 nitrogen and oxygen atoms in total. The first-order valence-electron chi connectivity index (χ1n) is 5.52. The van der Waals surface area contributed by atoms with Gasteiger partial charge in [-0.1, -0.05) is 0 Å². The lowest BCUT2D eigenvalue weighted by molar-refractivity contribution is 0.0676. The molecule has 2 aliphatic rings. The fourth-order valence-electron chi connectivity index (χ4n) is 2.28. The van der Waals surface area contributed by atoms with E-state index in [9.17, 15) is 9.90 Å². The molecule has 0 amide bonds. The van der Waals surface area contributed by atoms with E-state index in [1.807, 2.05) is 0 Å². The second-order valence-electron chi connectivity index (χ2n) is 4.26. The van der Waals surface area contributed by atoms with Gasteiger partial charge in [0.1, 0.15) is 5.69 Å². The number of carbonyl (C=O) groups is 1. The minimum absolute atomic E-state index is 0.205. The van der Waals surface area contributed by atoms with Gasteiger partial charge in [0.2, 0.25) is 0 Å². The van der Waals surface area contributed by atoms with E-state index >= 15 is 0 Å². The third-order valence-corrected chi connectivity index (χ3v) is 3.24. The van der Waals surface area contributed by atoms with Crippen molar-refractivity contribution in [3.63, 3.8) is 0 Å². The highest BCUT2D eigenvalue weighted by Gasteiger charge is 2.30. The van der Waals surface area contributed by atoms with Gasteiger partial charge < -0.3 is 15.7 Å². The van der Waals surface area contributed by atoms with E-state index in [-0.39, 0.29) is 6.04 Å². The van der Waals surface area contributed by atoms with Crippen LogP contribution in [0.5, 0.6) is 0 Å². The van der Waals surface area contributed by atoms with Crippen LogP contribution >= 0.6 is 0 Å². The number of carboxylic acids is 1. The van der Waals surface area contributed by atoms with Crippen LogP contribution in [0.2, 0.25) is 0 Å². The number of carboxylic acid groups (broad SMARTS) is 1. The summed E-state index contributed by atoms with van der Waals surface area (Å²) in [6, 6.07) is 0.205. The van der Waals surface area contributed by atoms with Gasteiger partial charge in [-0.05, 0) is 13.0 Å². The Labute approximate surface area is 92.6 Å². The normalized spacial score (nSPS) is 20.2. The van der Waals surface area contributed by atoms with E-state index in [0.717, 1.165) is 37.3 Å². The number of fused-ring (bicyclic) bond motifs is 1. The Kier molecular flexibility index (Phi) is 2.19. The molecule has 1 aromatic heterocycles. The molecule has 86 valence electrons. The molecule has 0 aromatic carbocycles. The quantitative estimate of drug-likeness (QED) is 0.621. The predicted octanol–water partition coefficient (Wildman–Crippen LogP) is -0.629. The van der Waals surface area contributed by atoms with E-state index in [1.165, 1.54) is 0 Å². The van der Waals surface area contributed by atoms with Crippen molar-refractivity contribution >= 4 is 5.97 Å². The summed E-state index contributed by atoms with van der Waals surface area (Å²) in [5, 5.41) is 20.1. The maximum atomic E-state index is 11.3. The first-order valence-corrected chi connectivity index (χ1v) is 5.52. The lowest BCUT2D eigenvalue weighted by Crippen LogP contribution is -2.44. The molecule has 1 aromatic rings. The molecule has 3 heterocycles. The lowest BCUT2D eigenvalue weighted by atomic mass is 10.1. The zero-order valence-corrected chi connectivity index (χ0v) is 8.86. The maximum absolute atomic E-state index is 11.3. The molecule has 0 bridgehead atoms. The van der Waals surface area contributed by atoms with Crippen molar-refractivity contribution in [1.29, 1.82) is 0 Å². The molecule has 2 aliphatic heterocycles. The van der Waals surface area contributed by atoms with Gasteiger partial charge in [0.15, 0.2) is 0 Å². The summed E-state index contributed by atoms with van der Waals surface area (Å²) in [5.41, 5.74) is 2.21. The van der Waals surface area contributed by atoms with Gasteiger partial charge >= 0.3 is 5.97 Å². The molecule has 16 heavy (non-hydrogen) atoms. The van der Waals surface area contributed by atoms with Crippen LogP contribution < -0.4 is 10.6 Å². The summed E-state index contributed by atoms with van der Waals surface area (Å²) in [7, 11) is 0. The highest BCUT2D eigenvalue weighted by Crippen LogP contribution is 2.23. The molecular formula is C10H14N4O2. The Morgan fingerprint density at radius 1 is 1.44 bits per heavy atom. The maximum Gasteiger partial charge on any atom is 0.354 e.